The van der Waals surface area contributed by atoms with Crippen LogP contribution in [0, 0.1) is 17.8 Å². The quantitative estimate of drug-likeness (QED) is 0.0877. The summed E-state index contributed by atoms with van der Waals surface area (Å²) in [6, 6.07) is 24.3. The summed E-state index contributed by atoms with van der Waals surface area (Å²) >= 11 is 0. The lowest BCUT2D eigenvalue weighted by atomic mass is 9.68. The lowest BCUT2D eigenvalue weighted by Crippen LogP contribution is -2.66. The van der Waals surface area contributed by atoms with Crippen LogP contribution in [0.4, 0.5) is 0 Å². The monoisotopic (exact) mass is 753 g/mol. The van der Waals surface area contributed by atoms with Gasteiger partial charge in [0.05, 0.1) is 31.2 Å². The summed E-state index contributed by atoms with van der Waals surface area (Å²) in [6.07, 6.45) is 8.73. The van der Waals surface area contributed by atoms with Gasteiger partial charge < -0.3 is 24.2 Å². The molecule has 0 radical (unpaired) electrons. The number of hydrogen-bond donors (Lipinski definition) is 3. The Bertz CT molecular complexity index is 1750. The molecule has 1 saturated heterocycles. The lowest BCUT2D eigenvalue weighted by molar-refractivity contribution is -0.143. The molecule has 1 aromatic heterocycles. The highest BCUT2D eigenvalue weighted by Crippen LogP contribution is 2.48. The first-order valence-electron chi connectivity index (χ1n) is 20.1. The summed E-state index contributed by atoms with van der Waals surface area (Å²) in [5.74, 6) is -1.19. The number of furan rings is 1. The van der Waals surface area contributed by atoms with E-state index in [2.05, 4.69) is 52.0 Å². The molecule has 3 aliphatic rings. The zero-order valence-electron chi connectivity index (χ0n) is 32.5. The number of allylic oxidation sites excluding steroid dienone is 1. The van der Waals surface area contributed by atoms with Crippen LogP contribution in [-0.2, 0) is 20.6 Å². The Balaban J connectivity index is 1.40. The summed E-state index contributed by atoms with van der Waals surface area (Å²) in [5.41, 5.74) is 2.58. The average molecular weight is 754 g/mol. The average Bonchev–Trinajstić information content (AvgIpc) is 3.74. The smallest absolute Gasteiger partial charge is 0.261 e. The van der Waals surface area contributed by atoms with Gasteiger partial charge in [0.25, 0.3) is 8.32 Å². The highest BCUT2D eigenvalue weighted by molar-refractivity contribution is 6.99. The number of amides is 2. The standard InChI is InChI=1S/C45H59NO7Si/c1-5-15-31(26-34-23-24-35(28-47)53-34)22-25-40(49)41-32(27-38-42(39(41)29-48)44(51)46(43(38)50)33-16-9-6-10-17-33)30-52-54(45(2,3)4,36-18-11-7-12-19-36)37-20-13-8-14-21-37/h7-8,11-14,18-21,23-24,26,33,38-40,42,47-49H,5-6,9-10,15-17,22,25,27-30H2,1-4H3/b31-26+/t38-,39+,40-,42-/m1/s1. The van der Waals surface area contributed by atoms with E-state index in [9.17, 15) is 24.9 Å². The van der Waals surface area contributed by atoms with Crippen LogP contribution in [0.15, 0.2) is 93.9 Å². The fourth-order valence-corrected chi connectivity index (χ4v) is 14.1. The Morgan fingerprint density at radius 1 is 0.926 bits per heavy atom. The number of hydrogen-bond acceptors (Lipinski definition) is 7. The fraction of sp³-hybridized carbons (Fsp3) is 0.511. The van der Waals surface area contributed by atoms with Crippen LogP contribution >= 0.6 is 0 Å². The van der Waals surface area contributed by atoms with Gasteiger partial charge in [-0.25, -0.2) is 0 Å². The van der Waals surface area contributed by atoms with Crippen molar-refractivity contribution in [2.45, 2.75) is 116 Å². The molecule has 0 spiro atoms. The van der Waals surface area contributed by atoms with Gasteiger partial charge in [0.15, 0.2) is 0 Å². The first kappa shape index (κ1) is 40.1. The molecule has 2 aromatic carbocycles. The van der Waals surface area contributed by atoms with Gasteiger partial charge in [-0.05, 0) is 83.3 Å². The molecule has 8 nitrogen and oxygen atoms in total. The molecule has 2 amide bonds. The van der Waals surface area contributed by atoms with Crippen molar-refractivity contribution in [2.24, 2.45) is 17.8 Å². The molecule has 6 rings (SSSR count). The normalized spacial score (nSPS) is 22.2. The van der Waals surface area contributed by atoms with Crippen molar-refractivity contribution >= 4 is 36.6 Å². The highest BCUT2D eigenvalue weighted by Gasteiger charge is 2.57. The van der Waals surface area contributed by atoms with Gasteiger partial charge in [0.2, 0.25) is 11.8 Å². The van der Waals surface area contributed by atoms with Crippen molar-refractivity contribution in [2.75, 3.05) is 13.2 Å². The minimum atomic E-state index is -3.00. The van der Waals surface area contributed by atoms with E-state index in [1.54, 1.807) is 11.0 Å². The van der Waals surface area contributed by atoms with E-state index >= 15 is 0 Å². The minimum Gasteiger partial charge on any atom is -0.459 e. The van der Waals surface area contributed by atoms with Crippen LogP contribution < -0.4 is 10.4 Å². The third-order valence-electron chi connectivity index (χ3n) is 12.1. The largest absolute Gasteiger partial charge is 0.459 e. The molecular formula is C45H59NO7Si. The minimum absolute atomic E-state index is 0.108. The number of imide groups is 1. The predicted molar refractivity (Wildman–Crippen MR) is 214 cm³/mol. The molecule has 4 atom stereocenters. The Labute approximate surface area is 322 Å². The molecule has 2 heterocycles. The van der Waals surface area contributed by atoms with E-state index in [1.165, 1.54) is 0 Å². The molecule has 0 bridgehead atoms. The van der Waals surface area contributed by atoms with Crippen molar-refractivity contribution in [3.63, 3.8) is 0 Å². The van der Waals surface area contributed by atoms with E-state index in [4.69, 9.17) is 8.84 Å². The molecule has 3 aromatic rings. The number of likely N-dealkylation sites (tertiary alicyclic amines) is 1. The van der Waals surface area contributed by atoms with Crippen LogP contribution in [0.2, 0.25) is 5.04 Å². The van der Waals surface area contributed by atoms with Crippen LogP contribution in [0.5, 0.6) is 0 Å². The maximum absolute atomic E-state index is 14.3. The zero-order chi connectivity index (χ0) is 38.5. The van der Waals surface area contributed by atoms with Crippen LogP contribution in [-0.4, -0.2) is 65.7 Å². The van der Waals surface area contributed by atoms with E-state index in [-0.39, 0.29) is 42.7 Å². The van der Waals surface area contributed by atoms with Crippen LogP contribution in [0.3, 0.4) is 0 Å². The van der Waals surface area contributed by atoms with E-state index in [1.807, 2.05) is 48.5 Å². The van der Waals surface area contributed by atoms with Gasteiger partial charge >= 0.3 is 0 Å². The first-order valence-corrected chi connectivity index (χ1v) is 22.0. The number of carbonyl (C=O) groups is 2. The predicted octanol–water partition coefficient (Wildman–Crippen LogP) is 6.92. The van der Waals surface area contributed by atoms with Gasteiger partial charge in [-0.1, -0.05) is 120 Å². The van der Waals surface area contributed by atoms with Crippen molar-refractivity contribution in [1.82, 2.24) is 4.90 Å². The van der Waals surface area contributed by atoms with Crippen molar-refractivity contribution in [3.05, 3.63) is 101 Å². The Morgan fingerprint density at radius 3 is 2.13 bits per heavy atom. The maximum Gasteiger partial charge on any atom is 0.261 e. The number of aliphatic hydroxyl groups is 3. The number of nitrogens with zero attached hydrogens (tertiary/aromatic N) is 1. The van der Waals surface area contributed by atoms with Crippen LogP contribution in [0.25, 0.3) is 6.08 Å². The Kier molecular flexibility index (Phi) is 13.0. The summed E-state index contributed by atoms with van der Waals surface area (Å²) in [6.45, 7) is 8.44. The lowest BCUT2D eigenvalue weighted by Gasteiger charge is -2.44. The molecule has 290 valence electrons. The molecule has 2 aliphatic carbocycles. The van der Waals surface area contributed by atoms with Crippen molar-refractivity contribution in [3.8, 4) is 0 Å². The third kappa shape index (κ3) is 8.02. The number of rotatable bonds is 15. The fourth-order valence-electron chi connectivity index (χ4n) is 9.60. The van der Waals surface area contributed by atoms with Crippen molar-refractivity contribution in [1.29, 1.82) is 0 Å². The number of fused-ring (bicyclic) bond motifs is 1. The zero-order valence-corrected chi connectivity index (χ0v) is 33.5. The van der Waals surface area contributed by atoms with Gasteiger partial charge in [-0.2, -0.15) is 0 Å². The van der Waals surface area contributed by atoms with Crippen LogP contribution in [0.1, 0.15) is 103 Å². The van der Waals surface area contributed by atoms with Gasteiger partial charge in [-0.15, -0.1) is 0 Å². The molecule has 2 fully saturated rings. The van der Waals surface area contributed by atoms with Gasteiger partial charge in [-0.3, -0.25) is 14.5 Å². The molecule has 0 unspecified atom stereocenters. The summed E-state index contributed by atoms with van der Waals surface area (Å²) < 4.78 is 13.2. The van der Waals surface area contributed by atoms with E-state index in [0.717, 1.165) is 66.5 Å². The molecule has 54 heavy (non-hydrogen) atoms. The number of aliphatic hydroxyl groups excluding tert-OH is 3. The van der Waals surface area contributed by atoms with E-state index in [0.29, 0.717) is 36.4 Å². The second-order valence-electron chi connectivity index (χ2n) is 16.5. The third-order valence-corrected chi connectivity index (χ3v) is 17.1. The molecule has 1 aliphatic heterocycles. The Hall–Kier alpha value is -3.60. The first-order chi connectivity index (χ1) is 26.0. The topological polar surface area (TPSA) is 120 Å². The highest BCUT2D eigenvalue weighted by atomic mass is 28.4. The molecule has 9 heteroatoms. The molecule has 1 saturated carbocycles. The van der Waals surface area contributed by atoms with E-state index < -0.39 is 32.2 Å². The van der Waals surface area contributed by atoms with Crippen molar-refractivity contribution < 1.29 is 33.8 Å². The Morgan fingerprint density at radius 2 is 1.57 bits per heavy atom. The molecular weight excluding hydrogens is 695 g/mol. The SMILES string of the molecule is CCC/C(=C\c1ccc(CO)o1)CC[C@@H](O)C1=C(CO[Si](c2ccccc2)(c2ccccc2)C(C)(C)C)C[C@H]2C(=O)N(C3CCCCC3)C(=O)[C@H]2[C@H]1CO. The maximum atomic E-state index is 14.3. The summed E-state index contributed by atoms with van der Waals surface area (Å²) in [4.78, 5) is 30.2. The number of benzene rings is 2. The molecule has 3 N–H and O–H groups in total. The van der Waals surface area contributed by atoms with Gasteiger partial charge in [0.1, 0.15) is 18.1 Å². The number of carbonyl (C=O) groups excluding carboxylic acids is 2. The summed E-state index contributed by atoms with van der Waals surface area (Å²) in [7, 11) is -3.00. The second-order valence-corrected chi connectivity index (χ2v) is 20.8. The second kappa shape index (κ2) is 17.5. The summed E-state index contributed by atoms with van der Waals surface area (Å²) in [5, 5.41) is 34.9. The van der Waals surface area contributed by atoms with Gasteiger partial charge in [0, 0.05) is 12.0 Å².